The van der Waals surface area contributed by atoms with Gasteiger partial charge in [-0.2, -0.15) is 0 Å². The van der Waals surface area contributed by atoms with E-state index in [2.05, 4.69) is 16.0 Å². The van der Waals surface area contributed by atoms with E-state index in [4.69, 9.17) is 23.8 Å². The quantitative estimate of drug-likeness (QED) is 0.698. The first-order valence-corrected chi connectivity index (χ1v) is 8.54. The monoisotopic (exact) mass is 375 g/mol. The van der Waals surface area contributed by atoms with Crippen molar-refractivity contribution < 1.29 is 9.59 Å². The van der Waals surface area contributed by atoms with Gasteiger partial charge in [-0.25, -0.2) is 0 Å². The molecule has 0 aliphatic heterocycles. The van der Waals surface area contributed by atoms with Crippen LogP contribution in [-0.4, -0.2) is 23.5 Å². The predicted molar refractivity (Wildman–Crippen MR) is 104 cm³/mol. The number of halogens is 1. The highest BCUT2D eigenvalue weighted by atomic mass is 35.5. The summed E-state index contributed by atoms with van der Waals surface area (Å²) in [6.07, 6.45) is 0.866. The smallest absolute Gasteiger partial charge is 0.257 e. The molecule has 2 rings (SSSR count). The molecule has 0 unspecified atom stereocenters. The molecule has 0 atom stereocenters. The summed E-state index contributed by atoms with van der Waals surface area (Å²) >= 11 is 10.9. The molecule has 0 bridgehead atoms. The van der Waals surface area contributed by atoms with Gasteiger partial charge in [-0.15, -0.1) is 0 Å². The summed E-state index contributed by atoms with van der Waals surface area (Å²) in [5, 5.41) is 8.99. The Morgan fingerprint density at radius 3 is 2.44 bits per heavy atom. The molecule has 0 fully saturated rings. The summed E-state index contributed by atoms with van der Waals surface area (Å²) in [6, 6.07) is 13.4. The fourth-order valence-corrected chi connectivity index (χ4v) is 2.35. The molecule has 5 nitrogen and oxygen atoms in total. The van der Waals surface area contributed by atoms with E-state index in [-0.39, 0.29) is 16.9 Å². The molecule has 0 spiro atoms. The van der Waals surface area contributed by atoms with Gasteiger partial charge in [0.05, 0.1) is 0 Å². The molecule has 2 aromatic rings. The van der Waals surface area contributed by atoms with Crippen LogP contribution in [0.2, 0.25) is 5.02 Å². The first-order valence-electron chi connectivity index (χ1n) is 7.75. The molecule has 2 aromatic carbocycles. The number of carbonyl (C=O) groups is 2. The van der Waals surface area contributed by atoms with E-state index < -0.39 is 0 Å². The molecular weight excluding hydrogens is 358 g/mol. The summed E-state index contributed by atoms with van der Waals surface area (Å²) in [5.74, 6) is -0.493. The largest absolute Gasteiger partial charge is 0.352 e. The lowest BCUT2D eigenvalue weighted by atomic mass is 10.2. The van der Waals surface area contributed by atoms with Gasteiger partial charge in [-0.05, 0) is 61.1 Å². The Labute approximate surface area is 156 Å². The first-order chi connectivity index (χ1) is 12.0. The fourth-order valence-electron chi connectivity index (χ4n) is 2.02. The molecule has 7 heteroatoms. The van der Waals surface area contributed by atoms with Gasteiger partial charge in [0.25, 0.3) is 11.8 Å². The molecule has 0 aliphatic rings. The number of benzene rings is 2. The molecule has 25 heavy (non-hydrogen) atoms. The SMILES string of the molecule is CCCNC(=O)c1cccc(NC(=S)NC(=O)c2ccc(Cl)cc2)c1. The lowest BCUT2D eigenvalue weighted by Crippen LogP contribution is -2.34. The van der Waals surface area contributed by atoms with Gasteiger partial charge in [0.2, 0.25) is 0 Å². The number of nitrogens with one attached hydrogen (secondary N) is 3. The van der Waals surface area contributed by atoms with Crippen molar-refractivity contribution in [2.24, 2.45) is 0 Å². The zero-order valence-electron chi connectivity index (χ0n) is 13.6. The van der Waals surface area contributed by atoms with E-state index in [1.165, 1.54) is 0 Å². The molecule has 0 heterocycles. The van der Waals surface area contributed by atoms with Crippen molar-refractivity contribution >= 4 is 46.4 Å². The summed E-state index contributed by atoms with van der Waals surface area (Å²) in [5.41, 5.74) is 1.58. The van der Waals surface area contributed by atoms with Crippen molar-refractivity contribution in [3.63, 3.8) is 0 Å². The van der Waals surface area contributed by atoms with E-state index in [0.29, 0.717) is 28.4 Å². The van der Waals surface area contributed by atoms with Crippen LogP contribution in [0.15, 0.2) is 48.5 Å². The Bertz CT molecular complexity index is 778. The molecule has 130 valence electrons. The topological polar surface area (TPSA) is 70.2 Å². The second-order valence-corrected chi connectivity index (χ2v) is 6.10. The van der Waals surface area contributed by atoms with Crippen molar-refractivity contribution in [2.45, 2.75) is 13.3 Å². The van der Waals surface area contributed by atoms with Gasteiger partial charge in [0.15, 0.2) is 5.11 Å². The summed E-state index contributed by atoms with van der Waals surface area (Å²) < 4.78 is 0. The number of carbonyl (C=O) groups excluding carboxylic acids is 2. The molecule has 0 saturated heterocycles. The van der Waals surface area contributed by atoms with Crippen LogP contribution in [-0.2, 0) is 0 Å². The number of hydrogen-bond acceptors (Lipinski definition) is 3. The maximum Gasteiger partial charge on any atom is 0.257 e. The summed E-state index contributed by atoms with van der Waals surface area (Å²) in [7, 11) is 0. The van der Waals surface area contributed by atoms with E-state index >= 15 is 0 Å². The van der Waals surface area contributed by atoms with Crippen LogP contribution < -0.4 is 16.0 Å². The molecule has 3 N–H and O–H groups in total. The minimum atomic E-state index is -0.342. The van der Waals surface area contributed by atoms with Crippen molar-refractivity contribution in [3.8, 4) is 0 Å². The van der Waals surface area contributed by atoms with E-state index in [1.807, 2.05) is 6.92 Å². The highest BCUT2D eigenvalue weighted by molar-refractivity contribution is 7.80. The number of amides is 2. The highest BCUT2D eigenvalue weighted by Crippen LogP contribution is 2.12. The fraction of sp³-hybridized carbons (Fsp3) is 0.167. The second-order valence-electron chi connectivity index (χ2n) is 5.25. The standard InChI is InChI=1S/C18H18ClN3O2S/c1-2-10-20-16(23)13-4-3-5-15(11-13)21-18(25)22-17(24)12-6-8-14(19)9-7-12/h3-9,11H,2,10H2,1H3,(H,20,23)(H2,21,22,24,25). The van der Waals surface area contributed by atoms with Crippen LogP contribution in [0.5, 0.6) is 0 Å². The number of thiocarbonyl (C=S) groups is 1. The maximum atomic E-state index is 12.1. The van der Waals surface area contributed by atoms with Gasteiger partial charge >= 0.3 is 0 Å². The Morgan fingerprint density at radius 1 is 1.04 bits per heavy atom. The van der Waals surface area contributed by atoms with Gasteiger partial charge in [-0.3, -0.25) is 14.9 Å². The normalized spacial score (nSPS) is 10.0. The van der Waals surface area contributed by atoms with Crippen molar-refractivity contribution in [1.82, 2.24) is 10.6 Å². The summed E-state index contributed by atoms with van der Waals surface area (Å²) in [4.78, 5) is 24.1. The molecule has 0 radical (unpaired) electrons. The zero-order valence-corrected chi connectivity index (χ0v) is 15.2. The highest BCUT2D eigenvalue weighted by Gasteiger charge is 2.09. The van der Waals surface area contributed by atoms with Gasteiger partial charge in [0.1, 0.15) is 0 Å². The van der Waals surface area contributed by atoms with Gasteiger partial charge in [-0.1, -0.05) is 24.6 Å². The number of rotatable bonds is 5. The number of hydrogen-bond donors (Lipinski definition) is 3. The van der Waals surface area contributed by atoms with E-state index in [9.17, 15) is 9.59 Å². The number of anilines is 1. The maximum absolute atomic E-state index is 12.1. The third-order valence-corrected chi connectivity index (χ3v) is 3.71. The molecular formula is C18H18ClN3O2S. The van der Waals surface area contributed by atoms with Crippen LogP contribution in [0.4, 0.5) is 5.69 Å². The van der Waals surface area contributed by atoms with Crippen LogP contribution >= 0.6 is 23.8 Å². The van der Waals surface area contributed by atoms with E-state index in [0.717, 1.165) is 6.42 Å². The second kappa shape index (κ2) is 9.15. The van der Waals surface area contributed by atoms with Crippen LogP contribution in [0, 0.1) is 0 Å². The molecule has 0 aliphatic carbocycles. The lowest BCUT2D eigenvalue weighted by Gasteiger charge is -2.11. The third kappa shape index (κ3) is 5.85. The van der Waals surface area contributed by atoms with Crippen LogP contribution in [0.3, 0.4) is 0 Å². The summed E-state index contributed by atoms with van der Waals surface area (Å²) in [6.45, 7) is 2.60. The Morgan fingerprint density at radius 2 is 1.76 bits per heavy atom. The Balaban J connectivity index is 1.97. The average Bonchev–Trinajstić information content (AvgIpc) is 2.60. The van der Waals surface area contributed by atoms with Crippen molar-refractivity contribution in [2.75, 3.05) is 11.9 Å². The first kappa shape index (κ1) is 18.9. The van der Waals surface area contributed by atoms with Gasteiger partial charge < -0.3 is 10.6 Å². The van der Waals surface area contributed by atoms with Crippen LogP contribution in [0.1, 0.15) is 34.1 Å². The van der Waals surface area contributed by atoms with Crippen LogP contribution in [0.25, 0.3) is 0 Å². The Hall–Kier alpha value is -2.44. The minimum Gasteiger partial charge on any atom is -0.352 e. The molecule has 2 amide bonds. The molecule has 0 aromatic heterocycles. The minimum absolute atomic E-state index is 0.145. The van der Waals surface area contributed by atoms with Crippen molar-refractivity contribution in [3.05, 3.63) is 64.7 Å². The lowest BCUT2D eigenvalue weighted by molar-refractivity contribution is 0.0951. The van der Waals surface area contributed by atoms with E-state index in [1.54, 1.807) is 48.5 Å². The third-order valence-electron chi connectivity index (χ3n) is 3.25. The Kier molecular flexibility index (Phi) is 6.91. The predicted octanol–water partition coefficient (Wildman–Crippen LogP) is 3.61. The average molecular weight is 376 g/mol. The van der Waals surface area contributed by atoms with Crippen molar-refractivity contribution in [1.29, 1.82) is 0 Å². The zero-order chi connectivity index (χ0) is 18.2. The molecule has 0 saturated carbocycles. The van der Waals surface area contributed by atoms with Gasteiger partial charge in [0, 0.05) is 28.4 Å².